The molecule has 0 unspecified atom stereocenters. The summed E-state index contributed by atoms with van der Waals surface area (Å²) >= 11 is 0. The predicted molar refractivity (Wildman–Crippen MR) is 62.4 cm³/mol. The Morgan fingerprint density at radius 2 is 1.82 bits per heavy atom. The fourth-order valence-electron chi connectivity index (χ4n) is 2.56. The molecule has 1 N–H and O–H groups in total. The topological polar surface area (TPSA) is 43.8 Å². The molecule has 2 atom stereocenters. The third-order valence-corrected chi connectivity index (χ3v) is 3.61. The average molecular weight is 244 g/mol. The molecule has 0 spiro atoms. The molecule has 0 aromatic carbocycles. The Balaban J connectivity index is 1.80. The first-order chi connectivity index (χ1) is 8.16. The van der Waals surface area contributed by atoms with E-state index >= 15 is 0 Å². The van der Waals surface area contributed by atoms with Crippen LogP contribution in [-0.2, 0) is 4.79 Å². The van der Waals surface area contributed by atoms with Gasteiger partial charge in [-0.3, -0.25) is 9.69 Å². The molecule has 0 radical (unpaired) electrons. The Morgan fingerprint density at radius 3 is 2.35 bits per heavy atom. The van der Waals surface area contributed by atoms with Crippen molar-refractivity contribution in [2.45, 2.75) is 38.0 Å². The number of nitrogens with zero attached hydrogens (tertiary/aromatic N) is 2. The maximum atomic E-state index is 13.1. The van der Waals surface area contributed by atoms with Gasteiger partial charge in [0.2, 0.25) is 5.91 Å². The first-order valence-electron chi connectivity index (χ1n) is 6.49. The second-order valence-electron chi connectivity index (χ2n) is 5.07. The second kappa shape index (κ2) is 5.78. The molecule has 1 amide bonds. The highest BCUT2D eigenvalue weighted by atomic mass is 19.1. The van der Waals surface area contributed by atoms with Gasteiger partial charge >= 0.3 is 0 Å². The van der Waals surface area contributed by atoms with E-state index in [4.69, 9.17) is 0 Å². The van der Waals surface area contributed by atoms with Crippen LogP contribution in [-0.4, -0.2) is 65.8 Å². The van der Waals surface area contributed by atoms with Crippen molar-refractivity contribution in [3.05, 3.63) is 0 Å². The van der Waals surface area contributed by atoms with E-state index in [-0.39, 0.29) is 25.5 Å². The standard InChI is InChI=1S/C12H21FN2O2/c13-10-7-14(8-11(10)16)9-12(17)15-5-3-1-2-4-6-15/h10-11,16H,1-9H2/t10-,11-/m1/s1. The van der Waals surface area contributed by atoms with Gasteiger partial charge in [-0.2, -0.15) is 0 Å². The van der Waals surface area contributed by atoms with Gasteiger partial charge in [0.05, 0.1) is 12.6 Å². The zero-order valence-corrected chi connectivity index (χ0v) is 10.1. The van der Waals surface area contributed by atoms with Gasteiger partial charge in [-0.15, -0.1) is 0 Å². The van der Waals surface area contributed by atoms with Crippen LogP contribution in [0, 0.1) is 0 Å². The fraction of sp³-hybridized carbons (Fsp3) is 0.917. The summed E-state index contributed by atoms with van der Waals surface area (Å²) in [6.45, 7) is 2.36. The van der Waals surface area contributed by atoms with E-state index in [1.165, 1.54) is 12.8 Å². The summed E-state index contributed by atoms with van der Waals surface area (Å²) in [4.78, 5) is 15.6. The molecule has 4 nitrogen and oxygen atoms in total. The predicted octanol–water partition coefficient (Wildman–Crippen LogP) is 0.404. The van der Waals surface area contributed by atoms with Crippen molar-refractivity contribution in [3.63, 3.8) is 0 Å². The molecule has 0 aromatic rings. The van der Waals surface area contributed by atoms with E-state index in [1.54, 1.807) is 4.90 Å². The van der Waals surface area contributed by atoms with E-state index in [2.05, 4.69) is 0 Å². The maximum Gasteiger partial charge on any atom is 0.236 e. The minimum atomic E-state index is -1.20. The van der Waals surface area contributed by atoms with Crippen molar-refractivity contribution in [2.24, 2.45) is 0 Å². The van der Waals surface area contributed by atoms with E-state index in [0.717, 1.165) is 25.9 Å². The van der Waals surface area contributed by atoms with Gasteiger partial charge in [0, 0.05) is 26.2 Å². The molecule has 0 aliphatic carbocycles. The second-order valence-corrected chi connectivity index (χ2v) is 5.07. The summed E-state index contributed by atoms with van der Waals surface area (Å²) in [5.74, 6) is 0.0770. The van der Waals surface area contributed by atoms with Crippen LogP contribution in [0.5, 0.6) is 0 Å². The highest BCUT2D eigenvalue weighted by molar-refractivity contribution is 5.78. The molecule has 2 aliphatic heterocycles. The number of carbonyl (C=O) groups is 1. The van der Waals surface area contributed by atoms with Gasteiger partial charge in [0.15, 0.2) is 0 Å². The number of carbonyl (C=O) groups excluding carboxylic acids is 1. The van der Waals surface area contributed by atoms with Crippen LogP contribution >= 0.6 is 0 Å². The Hall–Kier alpha value is -0.680. The van der Waals surface area contributed by atoms with Crippen molar-refractivity contribution in [1.29, 1.82) is 0 Å². The Bertz CT molecular complexity index is 257. The van der Waals surface area contributed by atoms with Crippen LogP contribution < -0.4 is 0 Å². The third-order valence-electron chi connectivity index (χ3n) is 3.61. The SMILES string of the molecule is O=C(CN1C[C@@H](O)[C@H](F)C1)N1CCCCCC1. The van der Waals surface area contributed by atoms with Gasteiger partial charge < -0.3 is 10.0 Å². The number of likely N-dealkylation sites (tertiary alicyclic amines) is 2. The average Bonchev–Trinajstić information content (AvgIpc) is 2.54. The number of rotatable bonds is 2. The van der Waals surface area contributed by atoms with E-state index in [1.807, 2.05) is 4.90 Å². The molecule has 2 saturated heterocycles. The Labute approximate surface area is 101 Å². The van der Waals surface area contributed by atoms with Crippen LogP contribution in [0.15, 0.2) is 0 Å². The van der Waals surface area contributed by atoms with Gasteiger partial charge in [-0.1, -0.05) is 12.8 Å². The molecule has 0 bridgehead atoms. The molecule has 2 heterocycles. The highest BCUT2D eigenvalue weighted by Crippen LogP contribution is 2.14. The normalized spacial score (nSPS) is 31.5. The molecule has 5 heteroatoms. The zero-order chi connectivity index (χ0) is 12.3. The van der Waals surface area contributed by atoms with E-state index in [0.29, 0.717) is 0 Å². The lowest BCUT2D eigenvalue weighted by molar-refractivity contribution is -0.132. The summed E-state index contributed by atoms with van der Waals surface area (Å²) in [5.41, 5.74) is 0. The smallest absolute Gasteiger partial charge is 0.236 e. The van der Waals surface area contributed by atoms with Crippen LogP contribution in [0.3, 0.4) is 0 Å². The van der Waals surface area contributed by atoms with Gasteiger partial charge in [0.25, 0.3) is 0 Å². The lowest BCUT2D eigenvalue weighted by atomic mass is 10.2. The quantitative estimate of drug-likeness (QED) is 0.765. The molecular formula is C12H21FN2O2. The molecule has 98 valence electrons. The summed E-state index contributed by atoms with van der Waals surface area (Å²) in [7, 11) is 0. The summed E-state index contributed by atoms with van der Waals surface area (Å²) in [5, 5.41) is 9.29. The molecule has 2 aliphatic rings. The van der Waals surface area contributed by atoms with Crippen molar-refractivity contribution in [2.75, 3.05) is 32.7 Å². The van der Waals surface area contributed by atoms with Crippen LogP contribution in [0.1, 0.15) is 25.7 Å². The minimum Gasteiger partial charge on any atom is -0.389 e. The number of aliphatic hydroxyl groups is 1. The summed E-state index contributed by atoms with van der Waals surface area (Å²) in [6, 6.07) is 0. The number of hydrogen-bond acceptors (Lipinski definition) is 3. The van der Waals surface area contributed by atoms with Crippen molar-refractivity contribution >= 4 is 5.91 Å². The minimum absolute atomic E-state index is 0.0770. The van der Waals surface area contributed by atoms with Gasteiger partial charge in [-0.05, 0) is 12.8 Å². The van der Waals surface area contributed by atoms with Crippen LogP contribution in [0.25, 0.3) is 0 Å². The van der Waals surface area contributed by atoms with E-state index in [9.17, 15) is 14.3 Å². The van der Waals surface area contributed by atoms with E-state index < -0.39 is 12.3 Å². The molecule has 17 heavy (non-hydrogen) atoms. The first kappa shape index (κ1) is 12.8. The molecule has 2 rings (SSSR count). The third kappa shape index (κ3) is 3.39. The molecular weight excluding hydrogens is 223 g/mol. The number of amides is 1. The van der Waals surface area contributed by atoms with Gasteiger partial charge in [0.1, 0.15) is 6.17 Å². The Kier molecular flexibility index (Phi) is 4.34. The summed E-state index contributed by atoms with van der Waals surface area (Å²) < 4.78 is 13.1. The zero-order valence-electron chi connectivity index (χ0n) is 10.1. The summed E-state index contributed by atoms with van der Waals surface area (Å²) in [6.07, 6.45) is 2.40. The maximum absolute atomic E-state index is 13.1. The Morgan fingerprint density at radius 1 is 1.18 bits per heavy atom. The monoisotopic (exact) mass is 244 g/mol. The van der Waals surface area contributed by atoms with Crippen LogP contribution in [0.2, 0.25) is 0 Å². The van der Waals surface area contributed by atoms with Crippen molar-refractivity contribution < 1.29 is 14.3 Å². The molecule has 0 aromatic heterocycles. The molecule has 0 saturated carbocycles. The largest absolute Gasteiger partial charge is 0.389 e. The fourth-order valence-corrected chi connectivity index (χ4v) is 2.56. The number of halogens is 1. The molecule has 2 fully saturated rings. The number of hydrogen-bond donors (Lipinski definition) is 1. The number of β-amino-alcohol motifs (C(OH)–C–C–N with tert-alkyl or cyclic N) is 1. The number of alkyl halides is 1. The first-order valence-corrected chi connectivity index (χ1v) is 6.49. The van der Waals surface area contributed by atoms with Crippen molar-refractivity contribution in [3.8, 4) is 0 Å². The van der Waals surface area contributed by atoms with Crippen molar-refractivity contribution in [1.82, 2.24) is 9.80 Å². The lowest BCUT2D eigenvalue weighted by Crippen LogP contribution is -2.40. The highest BCUT2D eigenvalue weighted by Gasteiger charge is 2.32. The van der Waals surface area contributed by atoms with Crippen LogP contribution in [0.4, 0.5) is 4.39 Å². The number of aliphatic hydroxyl groups excluding tert-OH is 1. The van der Waals surface area contributed by atoms with Gasteiger partial charge in [-0.25, -0.2) is 4.39 Å². The lowest BCUT2D eigenvalue weighted by Gasteiger charge is -2.23.